The van der Waals surface area contributed by atoms with Crippen LogP contribution in [0.25, 0.3) is 32.8 Å². The van der Waals surface area contributed by atoms with E-state index in [0.29, 0.717) is 59.1 Å². The molecular formula is C38H39F2N5O3. The van der Waals surface area contributed by atoms with Crippen LogP contribution in [-0.2, 0) is 4.74 Å². The molecule has 9 rings (SSSR count). The van der Waals surface area contributed by atoms with Gasteiger partial charge in [0, 0.05) is 84.0 Å². The smallest absolute Gasteiger partial charge is 0.319 e. The number of rotatable bonds is 7. The van der Waals surface area contributed by atoms with Crippen LogP contribution in [0.3, 0.4) is 0 Å². The number of anilines is 1. The minimum absolute atomic E-state index is 0.0131. The Morgan fingerprint density at radius 3 is 2.52 bits per heavy atom. The molecule has 8 nitrogen and oxygen atoms in total. The topological polar surface area (TPSA) is 83.0 Å². The first kappa shape index (κ1) is 30.1. The number of ether oxygens (including phenoxy) is 2. The zero-order valence-corrected chi connectivity index (χ0v) is 27.1. The van der Waals surface area contributed by atoms with Gasteiger partial charge in [0.25, 0.3) is 0 Å². The van der Waals surface area contributed by atoms with Crippen LogP contribution in [0.2, 0.25) is 0 Å². The Hall–Kier alpha value is -4.04. The number of hydrogen-bond donors (Lipinski definition) is 2. The van der Waals surface area contributed by atoms with Crippen molar-refractivity contribution in [3.8, 4) is 35.2 Å². The number of nitrogens with zero attached hydrogens (tertiary/aromatic N) is 4. The van der Waals surface area contributed by atoms with E-state index in [1.54, 1.807) is 12.1 Å². The van der Waals surface area contributed by atoms with Crippen molar-refractivity contribution >= 4 is 27.5 Å². The van der Waals surface area contributed by atoms with Crippen LogP contribution in [0.4, 0.5) is 14.6 Å². The molecule has 3 aromatic carbocycles. The van der Waals surface area contributed by atoms with Crippen LogP contribution in [-0.4, -0.2) is 84.6 Å². The van der Waals surface area contributed by atoms with Crippen molar-refractivity contribution in [3.63, 3.8) is 0 Å². The number of hydrogen-bond acceptors (Lipinski definition) is 8. The quantitative estimate of drug-likeness (QED) is 0.257. The Morgan fingerprint density at radius 1 is 1.06 bits per heavy atom. The van der Waals surface area contributed by atoms with Gasteiger partial charge in [0.1, 0.15) is 22.9 Å². The van der Waals surface area contributed by atoms with Crippen molar-refractivity contribution in [2.75, 3.05) is 57.4 Å². The molecule has 0 radical (unpaired) electrons. The predicted octanol–water partition coefficient (Wildman–Crippen LogP) is 5.40. The van der Waals surface area contributed by atoms with Crippen molar-refractivity contribution in [2.45, 2.75) is 44.7 Å². The number of aryl methyl sites for hydroxylation is 1. The minimum Gasteiger partial charge on any atom is -0.508 e. The van der Waals surface area contributed by atoms with Gasteiger partial charge >= 0.3 is 6.01 Å². The standard InChI is InChI=1S/C38H39F2N5O3/c1-3-28-21(2)4-5-22-10-27(46)11-29(32(22)28)33-31(39)12-30-35(34(33)40)42-37(43-36(30)45-15-25-6-7-26(16-45)41-25)48-20-38(8-9-38)19-44-13-23-17-47-18-24(23)14-44/h1,4-5,10-12,23-26,41,46H,6-9,13-20H2,2H3/t23-,24-,25?,26?/m0/s1. The fourth-order valence-corrected chi connectivity index (χ4v) is 8.75. The third-order valence-corrected chi connectivity index (χ3v) is 11.4. The molecule has 10 heteroatoms. The first-order valence-corrected chi connectivity index (χ1v) is 17.1. The van der Waals surface area contributed by atoms with Crippen molar-refractivity contribution in [1.82, 2.24) is 20.2 Å². The van der Waals surface area contributed by atoms with E-state index in [2.05, 4.69) is 26.0 Å². The van der Waals surface area contributed by atoms with Crippen LogP contribution in [0.15, 0.2) is 30.3 Å². The summed E-state index contributed by atoms with van der Waals surface area (Å²) in [4.78, 5) is 14.1. The van der Waals surface area contributed by atoms with Crippen molar-refractivity contribution in [3.05, 3.63) is 53.1 Å². The number of fused-ring (bicyclic) bond motifs is 5. The molecule has 5 aliphatic rings. The van der Waals surface area contributed by atoms with Crippen molar-refractivity contribution in [2.24, 2.45) is 17.3 Å². The summed E-state index contributed by atoms with van der Waals surface area (Å²) in [7, 11) is 0. The Morgan fingerprint density at radius 2 is 1.81 bits per heavy atom. The summed E-state index contributed by atoms with van der Waals surface area (Å²) in [5.74, 6) is 2.69. The second kappa shape index (κ2) is 11.3. The van der Waals surface area contributed by atoms with Crippen molar-refractivity contribution in [1.29, 1.82) is 0 Å². The first-order chi connectivity index (χ1) is 23.3. The number of nitrogens with one attached hydrogen (secondary N) is 1. The maximum absolute atomic E-state index is 17.0. The zero-order chi connectivity index (χ0) is 32.7. The van der Waals surface area contributed by atoms with Crippen LogP contribution >= 0.6 is 0 Å². The Kier molecular flexibility index (Phi) is 7.05. The second-order valence-corrected chi connectivity index (χ2v) is 14.8. The number of halogens is 2. The van der Waals surface area contributed by atoms with Gasteiger partial charge in [-0.15, -0.1) is 6.42 Å². The Labute approximate surface area is 278 Å². The fourth-order valence-electron chi connectivity index (χ4n) is 8.75. The normalized spacial score (nSPS) is 25.9. The number of phenolic OH excluding ortho intramolecular Hbond substituents is 1. The lowest BCUT2D eigenvalue weighted by molar-refractivity contribution is 0.131. The lowest BCUT2D eigenvalue weighted by Crippen LogP contribution is -2.51. The predicted molar refractivity (Wildman–Crippen MR) is 180 cm³/mol. The Bertz CT molecular complexity index is 1980. The molecular weight excluding hydrogens is 612 g/mol. The summed E-state index contributed by atoms with van der Waals surface area (Å²) in [5, 5.41) is 15.7. The average molecular weight is 652 g/mol. The summed E-state index contributed by atoms with van der Waals surface area (Å²) >= 11 is 0. The molecule has 5 heterocycles. The minimum atomic E-state index is -0.833. The van der Waals surface area contributed by atoms with Crippen LogP contribution in [0.1, 0.15) is 36.8 Å². The van der Waals surface area contributed by atoms with E-state index in [9.17, 15) is 5.11 Å². The highest BCUT2D eigenvalue weighted by atomic mass is 19.1. The summed E-state index contributed by atoms with van der Waals surface area (Å²) in [6.07, 6.45) is 10.1. The molecule has 2 unspecified atom stereocenters. The summed E-state index contributed by atoms with van der Waals surface area (Å²) in [6.45, 7) is 8.41. The number of piperazine rings is 1. The van der Waals surface area contributed by atoms with Gasteiger partial charge in [0.2, 0.25) is 0 Å². The highest BCUT2D eigenvalue weighted by Crippen LogP contribution is 2.48. The third-order valence-electron chi connectivity index (χ3n) is 11.4. The van der Waals surface area contributed by atoms with Crippen molar-refractivity contribution < 1.29 is 23.4 Å². The van der Waals surface area contributed by atoms with Gasteiger partial charge < -0.3 is 29.7 Å². The molecule has 1 aliphatic carbocycles. The third kappa shape index (κ3) is 5.06. The molecule has 48 heavy (non-hydrogen) atoms. The van der Waals surface area contributed by atoms with Gasteiger partial charge in [-0.2, -0.15) is 9.97 Å². The van der Waals surface area contributed by atoms with E-state index < -0.39 is 11.6 Å². The van der Waals surface area contributed by atoms with Crippen LogP contribution in [0.5, 0.6) is 11.8 Å². The number of phenols is 1. The summed E-state index contributed by atoms with van der Waals surface area (Å²) in [6, 6.07) is 8.57. The molecule has 1 saturated carbocycles. The molecule has 1 aromatic heterocycles. The van der Waals surface area contributed by atoms with Crippen LogP contribution in [0, 0.1) is 48.2 Å². The van der Waals surface area contributed by atoms with E-state index >= 15 is 8.78 Å². The molecule has 4 aromatic rings. The number of aromatic nitrogens is 2. The summed E-state index contributed by atoms with van der Waals surface area (Å²) in [5.41, 5.74) is 1.21. The molecule has 4 aliphatic heterocycles. The first-order valence-electron chi connectivity index (χ1n) is 17.1. The molecule has 0 amide bonds. The second-order valence-electron chi connectivity index (χ2n) is 14.8. The number of benzene rings is 3. The highest BCUT2D eigenvalue weighted by Gasteiger charge is 2.48. The SMILES string of the molecule is C#Cc1c(C)ccc2cc(O)cc(-c3c(F)cc4c(N5CC6CCC(C5)N6)nc(OCC5(CN6C[C@H]7COC[C@@H]7C6)CC5)nc4c3F)c12. The highest BCUT2D eigenvalue weighted by molar-refractivity contribution is 6.04. The molecule has 4 saturated heterocycles. The summed E-state index contributed by atoms with van der Waals surface area (Å²) < 4.78 is 45.4. The van der Waals surface area contributed by atoms with E-state index in [0.717, 1.165) is 64.1 Å². The number of aromatic hydroxyl groups is 1. The monoisotopic (exact) mass is 651 g/mol. The molecule has 5 fully saturated rings. The van der Waals surface area contributed by atoms with E-state index in [-0.39, 0.29) is 45.9 Å². The van der Waals surface area contributed by atoms with Crippen LogP contribution < -0.4 is 15.0 Å². The van der Waals surface area contributed by atoms with Gasteiger partial charge in [0.05, 0.1) is 25.4 Å². The van der Waals surface area contributed by atoms with Gasteiger partial charge in [0.15, 0.2) is 5.82 Å². The zero-order valence-electron chi connectivity index (χ0n) is 27.1. The number of likely N-dealkylation sites (tertiary alicyclic amines) is 1. The average Bonchev–Trinajstić information content (AvgIpc) is 3.31. The van der Waals surface area contributed by atoms with E-state index in [1.165, 1.54) is 12.1 Å². The van der Waals surface area contributed by atoms with Gasteiger partial charge in [-0.1, -0.05) is 18.1 Å². The van der Waals surface area contributed by atoms with E-state index in [1.807, 2.05) is 13.0 Å². The maximum Gasteiger partial charge on any atom is 0.319 e. The number of terminal acetylenes is 1. The molecule has 2 bridgehead atoms. The molecule has 2 N–H and O–H groups in total. The Balaban J connectivity index is 1.13. The van der Waals surface area contributed by atoms with Gasteiger partial charge in [-0.05, 0) is 61.8 Å². The van der Waals surface area contributed by atoms with E-state index in [4.69, 9.17) is 20.9 Å². The largest absolute Gasteiger partial charge is 0.508 e. The fraction of sp³-hybridized carbons (Fsp3) is 0.474. The molecule has 4 atom stereocenters. The van der Waals surface area contributed by atoms with Gasteiger partial charge in [-0.25, -0.2) is 8.78 Å². The lowest BCUT2D eigenvalue weighted by Gasteiger charge is -2.34. The van der Waals surface area contributed by atoms with Gasteiger partial charge in [-0.3, -0.25) is 0 Å². The lowest BCUT2D eigenvalue weighted by atomic mass is 9.91. The maximum atomic E-state index is 17.0. The molecule has 248 valence electrons. The molecule has 0 spiro atoms.